The number of hydrogen-bond acceptors (Lipinski definition) is 4. The van der Waals surface area contributed by atoms with E-state index in [1.807, 2.05) is 0 Å². The Morgan fingerprint density at radius 1 is 1.50 bits per heavy atom. The molecule has 0 fully saturated rings. The molecule has 0 amide bonds. The largest absolute Gasteiger partial charge is 0.471 e. The molecule has 12 heavy (non-hydrogen) atoms. The van der Waals surface area contributed by atoms with Crippen molar-refractivity contribution < 1.29 is 19.1 Å². The second-order valence-corrected chi connectivity index (χ2v) is 2.03. The molecule has 4 nitrogen and oxygen atoms in total. The van der Waals surface area contributed by atoms with Crippen molar-refractivity contribution in [2.45, 2.75) is 26.7 Å². The van der Waals surface area contributed by atoms with E-state index in [1.165, 1.54) is 14.0 Å². The van der Waals surface area contributed by atoms with Gasteiger partial charge in [0.1, 0.15) is 0 Å². The van der Waals surface area contributed by atoms with Gasteiger partial charge in [0.2, 0.25) is 0 Å². The van der Waals surface area contributed by atoms with Crippen LogP contribution in [0.5, 0.6) is 0 Å². The van der Waals surface area contributed by atoms with Crippen LogP contribution in [-0.4, -0.2) is 26.2 Å². The summed E-state index contributed by atoms with van der Waals surface area (Å²) in [4.78, 5) is 19.0. The van der Waals surface area contributed by atoms with Gasteiger partial charge < -0.3 is 9.47 Å². The van der Waals surface area contributed by atoms with Gasteiger partial charge in [-0.15, -0.1) is 0 Å². The van der Waals surface area contributed by atoms with Gasteiger partial charge in [0.15, 0.2) is 0 Å². The molecule has 0 N–H and O–H groups in total. The lowest BCUT2D eigenvalue weighted by molar-refractivity contribution is -0.141. The number of rotatable bonds is 4. The molecular formula is C8H16O4. The van der Waals surface area contributed by atoms with Crippen molar-refractivity contribution in [1.82, 2.24) is 0 Å². The standard InChI is InChI=1S/C6H12O2.C2H4O2/c1-3-4-5-8-6(2)7;1-4-2-3/h3-5H2,1-2H3;2H,1H3. The van der Waals surface area contributed by atoms with Crippen LogP contribution < -0.4 is 0 Å². The van der Waals surface area contributed by atoms with E-state index < -0.39 is 0 Å². The summed E-state index contributed by atoms with van der Waals surface area (Å²) in [5.74, 6) is -0.182. The molecule has 0 saturated heterocycles. The van der Waals surface area contributed by atoms with E-state index in [0.29, 0.717) is 13.1 Å². The Kier molecular flexibility index (Phi) is 14.2. The lowest BCUT2D eigenvalue weighted by atomic mass is 10.4. The van der Waals surface area contributed by atoms with Gasteiger partial charge in [0.25, 0.3) is 6.47 Å². The van der Waals surface area contributed by atoms with Gasteiger partial charge in [-0.05, 0) is 6.42 Å². The Morgan fingerprint density at radius 3 is 2.25 bits per heavy atom. The summed E-state index contributed by atoms with van der Waals surface area (Å²) in [6.45, 7) is 4.44. The van der Waals surface area contributed by atoms with Crippen LogP contribution in [0.15, 0.2) is 0 Å². The molecule has 0 bridgehead atoms. The average molecular weight is 176 g/mol. The minimum Gasteiger partial charge on any atom is -0.471 e. The van der Waals surface area contributed by atoms with Gasteiger partial charge in [-0.3, -0.25) is 9.59 Å². The number of ether oxygens (including phenoxy) is 2. The molecule has 0 aliphatic rings. The number of carbonyl (C=O) groups is 2. The molecule has 0 atom stereocenters. The highest BCUT2D eigenvalue weighted by Gasteiger charge is 1.88. The third-order valence-corrected chi connectivity index (χ3v) is 0.899. The van der Waals surface area contributed by atoms with Crippen LogP contribution in [0.4, 0.5) is 0 Å². The second kappa shape index (κ2) is 12.6. The second-order valence-electron chi connectivity index (χ2n) is 2.03. The van der Waals surface area contributed by atoms with Crippen LogP contribution in [0.1, 0.15) is 26.7 Å². The fourth-order valence-electron chi connectivity index (χ4n) is 0.360. The first-order chi connectivity index (χ1) is 5.68. The van der Waals surface area contributed by atoms with Crippen molar-refractivity contribution in [2.24, 2.45) is 0 Å². The first-order valence-corrected chi connectivity index (χ1v) is 3.78. The molecule has 4 heteroatoms. The van der Waals surface area contributed by atoms with Crippen molar-refractivity contribution in [3.05, 3.63) is 0 Å². The predicted molar refractivity (Wildman–Crippen MR) is 44.6 cm³/mol. The average Bonchev–Trinajstić information content (AvgIpc) is 2.05. The highest BCUT2D eigenvalue weighted by molar-refractivity contribution is 5.65. The van der Waals surface area contributed by atoms with Crippen molar-refractivity contribution in [3.63, 3.8) is 0 Å². The van der Waals surface area contributed by atoms with Crippen LogP contribution in [0, 0.1) is 0 Å². The lowest BCUT2D eigenvalue weighted by Crippen LogP contribution is -1.99. The molecule has 0 radical (unpaired) electrons. The monoisotopic (exact) mass is 176 g/mol. The number of methoxy groups -OCH3 is 1. The molecule has 0 spiro atoms. The maximum absolute atomic E-state index is 10.1. The van der Waals surface area contributed by atoms with Gasteiger partial charge >= 0.3 is 5.97 Å². The normalized spacial score (nSPS) is 7.58. The maximum atomic E-state index is 10.1. The minimum atomic E-state index is -0.182. The van der Waals surface area contributed by atoms with Gasteiger partial charge in [0.05, 0.1) is 13.7 Å². The summed E-state index contributed by atoms with van der Waals surface area (Å²) < 4.78 is 8.50. The van der Waals surface area contributed by atoms with Gasteiger partial charge in [-0.25, -0.2) is 0 Å². The molecule has 0 aliphatic heterocycles. The van der Waals surface area contributed by atoms with Crippen LogP contribution in [0.3, 0.4) is 0 Å². The highest BCUT2D eigenvalue weighted by Crippen LogP contribution is 1.86. The molecule has 72 valence electrons. The number of esters is 1. The van der Waals surface area contributed by atoms with E-state index in [0.717, 1.165) is 12.8 Å². The summed E-state index contributed by atoms with van der Waals surface area (Å²) in [6, 6.07) is 0. The summed E-state index contributed by atoms with van der Waals surface area (Å²) in [6.07, 6.45) is 2.05. The summed E-state index contributed by atoms with van der Waals surface area (Å²) >= 11 is 0. The van der Waals surface area contributed by atoms with Crippen molar-refractivity contribution in [3.8, 4) is 0 Å². The van der Waals surface area contributed by atoms with Crippen molar-refractivity contribution in [2.75, 3.05) is 13.7 Å². The first-order valence-electron chi connectivity index (χ1n) is 3.78. The molecular weight excluding hydrogens is 160 g/mol. The SMILES string of the molecule is CCCCOC(C)=O.COC=O. The molecule has 0 aromatic carbocycles. The molecule has 0 rings (SSSR count). The fourth-order valence-corrected chi connectivity index (χ4v) is 0.360. The maximum Gasteiger partial charge on any atom is 0.302 e. The molecule has 0 saturated carbocycles. The van der Waals surface area contributed by atoms with Crippen LogP contribution in [-0.2, 0) is 19.1 Å². The van der Waals surface area contributed by atoms with Crippen molar-refractivity contribution in [1.29, 1.82) is 0 Å². The zero-order valence-corrected chi connectivity index (χ0v) is 7.83. The van der Waals surface area contributed by atoms with Crippen LogP contribution >= 0.6 is 0 Å². The van der Waals surface area contributed by atoms with Gasteiger partial charge in [-0.2, -0.15) is 0 Å². The number of carbonyl (C=O) groups excluding carboxylic acids is 2. The third kappa shape index (κ3) is 23.1. The third-order valence-electron chi connectivity index (χ3n) is 0.899. The van der Waals surface area contributed by atoms with E-state index in [9.17, 15) is 4.79 Å². The Hall–Kier alpha value is -1.06. The first kappa shape index (κ1) is 13.5. The Labute approximate surface area is 72.8 Å². The van der Waals surface area contributed by atoms with Crippen LogP contribution in [0.25, 0.3) is 0 Å². The fraction of sp³-hybridized carbons (Fsp3) is 0.750. The Balaban J connectivity index is 0. The topological polar surface area (TPSA) is 52.6 Å². The molecule has 0 aromatic heterocycles. The minimum absolute atomic E-state index is 0.182. The Morgan fingerprint density at radius 2 is 2.00 bits per heavy atom. The molecule has 0 aliphatic carbocycles. The van der Waals surface area contributed by atoms with Gasteiger partial charge in [-0.1, -0.05) is 13.3 Å². The number of unbranched alkanes of at least 4 members (excludes halogenated alkanes) is 1. The smallest absolute Gasteiger partial charge is 0.302 e. The highest BCUT2D eigenvalue weighted by atomic mass is 16.5. The zero-order valence-electron chi connectivity index (χ0n) is 7.83. The van der Waals surface area contributed by atoms with E-state index in [2.05, 4.69) is 16.4 Å². The summed E-state index contributed by atoms with van der Waals surface area (Å²) in [5, 5.41) is 0. The molecule has 0 aromatic rings. The Bertz CT molecular complexity index is 112. The van der Waals surface area contributed by atoms with Crippen molar-refractivity contribution >= 4 is 12.4 Å². The van der Waals surface area contributed by atoms with E-state index in [1.54, 1.807) is 0 Å². The van der Waals surface area contributed by atoms with E-state index in [-0.39, 0.29) is 5.97 Å². The zero-order chi connectivity index (χ0) is 9.82. The summed E-state index contributed by atoms with van der Waals surface area (Å²) in [5.41, 5.74) is 0. The summed E-state index contributed by atoms with van der Waals surface area (Å²) in [7, 11) is 1.31. The predicted octanol–water partition coefficient (Wildman–Crippen LogP) is 1.14. The lowest BCUT2D eigenvalue weighted by Gasteiger charge is -1.96. The molecule has 0 heterocycles. The number of hydrogen-bond donors (Lipinski definition) is 0. The quantitative estimate of drug-likeness (QED) is 0.366. The van der Waals surface area contributed by atoms with E-state index in [4.69, 9.17) is 4.79 Å². The van der Waals surface area contributed by atoms with Crippen LogP contribution in [0.2, 0.25) is 0 Å². The van der Waals surface area contributed by atoms with E-state index >= 15 is 0 Å². The van der Waals surface area contributed by atoms with Gasteiger partial charge in [0, 0.05) is 6.92 Å². The molecule has 0 unspecified atom stereocenters.